The van der Waals surface area contributed by atoms with Crippen LogP contribution in [-0.2, 0) is 14.4 Å². The highest BCUT2D eigenvalue weighted by Gasteiger charge is 2.52. The lowest BCUT2D eigenvalue weighted by Crippen LogP contribution is -2.51. The molecule has 0 radical (unpaired) electrons. The molecule has 1 saturated carbocycles. The zero-order valence-electron chi connectivity index (χ0n) is 15.1. The largest absolute Gasteiger partial charge is 0.344 e. The molecule has 1 aliphatic carbocycles. The van der Waals surface area contributed by atoms with Gasteiger partial charge < -0.3 is 10.6 Å². The number of hydrogen-bond acceptors (Lipinski definition) is 5. The molecule has 150 valence electrons. The van der Waals surface area contributed by atoms with Crippen molar-refractivity contribution >= 4 is 41.2 Å². The number of para-hydroxylation sites is 1. The minimum atomic E-state index is -0.907. The summed E-state index contributed by atoms with van der Waals surface area (Å²) in [6.45, 7) is 0. The average molecular weight is 408 g/mol. The molecule has 3 N–H and O–H groups in total. The van der Waals surface area contributed by atoms with Crippen molar-refractivity contribution in [3.63, 3.8) is 0 Å². The molecule has 5 amide bonds. The van der Waals surface area contributed by atoms with E-state index in [1.807, 2.05) is 0 Å². The van der Waals surface area contributed by atoms with Crippen LogP contribution in [-0.4, -0.2) is 45.8 Å². The first-order chi connectivity index (χ1) is 13.4. The minimum Gasteiger partial charge on any atom is -0.323 e. The summed E-state index contributed by atoms with van der Waals surface area (Å²) in [7, 11) is 0. The number of halogens is 1. The number of benzene rings is 1. The summed E-state index contributed by atoms with van der Waals surface area (Å²) in [4.78, 5) is 48.5. The van der Waals surface area contributed by atoms with Crippen LogP contribution >= 0.6 is 11.8 Å². The van der Waals surface area contributed by atoms with Crippen LogP contribution in [0.25, 0.3) is 0 Å². The van der Waals surface area contributed by atoms with E-state index >= 15 is 0 Å². The number of imide groups is 1. The number of hydrazine groups is 1. The predicted octanol–water partition coefficient (Wildman–Crippen LogP) is 1.78. The Morgan fingerprint density at radius 2 is 1.79 bits per heavy atom. The number of thioether (sulfide) groups is 1. The zero-order valence-corrected chi connectivity index (χ0v) is 15.9. The summed E-state index contributed by atoms with van der Waals surface area (Å²) in [6, 6.07) is 5.13. The molecule has 2 fully saturated rings. The van der Waals surface area contributed by atoms with E-state index in [1.54, 1.807) is 6.07 Å². The highest BCUT2D eigenvalue weighted by molar-refractivity contribution is 8.00. The minimum absolute atomic E-state index is 0.0645. The molecular weight excluding hydrogens is 387 g/mol. The van der Waals surface area contributed by atoms with Crippen molar-refractivity contribution in [1.82, 2.24) is 15.8 Å². The Hall–Kier alpha value is -2.62. The second-order valence-electron chi connectivity index (χ2n) is 6.77. The van der Waals surface area contributed by atoms with Gasteiger partial charge in [0.2, 0.25) is 11.8 Å². The summed E-state index contributed by atoms with van der Waals surface area (Å²) in [6.07, 6.45) is 3.84. The maximum atomic E-state index is 13.5. The molecule has 1 heterocycles. The van der Waals surface area contributed by atoms with Gasteiger partial charge >= 0.3 is 6.03 Å². The number of nitrogens with one attached hydrogen (secondary N) is 3. The molecule has 8 nitrogen and oxygen atoms in total. The van der Waals surface area contributed by atoms with E-state index in [0.717, 1.165) is 36.0 Å². The second kappa shape index (κ2) is 8.59. The Labute approximate surface area is 165 Å². The molecule has 1 aromatic rings. The molecule has 2 aliphatic rings. The topological polar surface area (TPSA) is 108 Å². The Bertz CT molecular complexity index is 798. The lowest BCUT2D eigenvalue weighted by atomic mass is 9.82. The maximum Gasteiger partial charge on any atom is 0.344 e. The average Bonchev–Trinajstić information content (AvgIpc) is 2.88. The third kappa shape index (κ3) is 4.44. The van der Waals surface area contributed by atoms with Gasteiger partial charge in [-0.15, -0.1) is 11.8 Å². The van der Waals surface area contributed by atoms with Gasteiger partial charge in [-0.3, -0.25) is 19.8 Å². The lowest BCUT2D eigenvalue weighted by Gasteiger charge is -2.30. The smallest absolute Gasteiger partial charge is 0.323 e. The molecule has 0 atom stereocenters. The van der Waals surface area contributed by atoms with Gasteiger partial charge in [-0.05, 0) is 25.0 Å². The van der Waals surface area contributed by atoms with Crippen molar-refractivity contribution in [3.8, 4) is 0 Å². The first-order valence-corrected chi connectivity index (χ1v) is 10.1. The Kier molecular flexibility index (Phi) is 6.18. The molecular formula is C18H21FN4O4S. The fraction of sp³-hybridized carbons (Fsp3) is 0.444. The van der Waals surface area contributed by atoms with Crippen LogP contribution in [0, 0.1) is 5.82 Å². The third-order valence-electron chi connectivity index (χ3n) is 4.72. The highest BCUT2D eigenvalue weighted by atomic mass is 32.2. The number of hydrogen-bond donors (Lipinski definition) is 3. The van der Waals surface area contributed by atoms with E-state index < -0.39 is 35.1 Å². The number of anilines is 1. The van der Waals surface area contributed by atoms with Gasteiger partial charge in [-0.2, -0.15) is 5.01 Å². The number of urea groups is 1. The number of carbonyl (C=O) groups excluding carboxylic acids is 4. The van der Waals surface area contributed by atoms with Gasteiger partial charge in [0, 0.05) is 0 Å². The molecule has 1 aliphatic heterocycles. The zero-order chi connectivity index (χ0) is 20.1. The summed E-state index contributed by atoms with van der Waals surface area (Å²) in [5.41, 5.74) is 1.46. The number of rotatable bonds is 6. The van der Waals surface area contributed by atoms with E-state index in [0.29, 0.717) is 12.8 Å². The van der Waals surface area contributed by atoms with E-state index in [9.17, 15) is 23.6 Å². The SMILES string of the molecule is O=C(CSCC(=O)NN1C(=O)NC2(CCCCC2)C1=O)Nc1ccccc1F. The quantitative estimate of drug-likeness (QED) is 0.622. The number of carbonyl (C=O) groups is 4. The molecule has 0 bridgehead atoms. The van der Waals surface area contributed by atoms with Crippen LogP contribution in [0.3, 0.4) is 0 Å². The molecule has 1 aromatic carbocycles. The van der Waals surface area contributed by atoms with E-state index in [-0.39, 0.29) is 17.2 Å². The van der Waals surface area contributed by atoms with Gasteiger partial charge in [0.25, 0.3) is 5.91 Å². The molecule has 1 saturated heterocycles. The van der Waals surface area contributed by atoms with E-state index in [2.05, 4.69) is 16.1 Å². The maximum absolute atomic E-state index is 13.5. The van der Waals surface area contributed by atoms with E-state index in [1.165, 1.54) is 18.2 Å². The summed E-state index contributed by atoms with van der Waals surface area (Å²) in [5, 5.41) is 5.84. The summed E-state index contributed by atoms with van der Waals surface area (Å²) < 4.78 is 13.5. The Balaban J connectivity index is 1.44. The van der Waals surface area contributed by atoms with Crippen LogP contribution in [0.5, 0.6) is 0 Å². The van der Waals surface area contributed by atoms with E-state index in [4.69, 9.17) is 0 Å². The highest BCUT2D eigenvalue weighted by Crippen LogP contribution is 2.33. The Morgan fingerprint density at radius 3 is 2.50 bits per heavy atom. The fourth-order valence-corrected chi connectivity index (χ4v) is 3.97. The van der Waals surface area contributed by atoms with Gasteiger partial charge in [-0.25, -0.2) is 9.18 Å². The first-order valence-electron chi connectivity index (χ1n) is 9.00. The van der Waals surface area contributed by atoms with Gasteiger partial charge in [-0.1, -0.05) is 31.4 Å². The molecule has 10 heteroatoms. The van der Waals surface area contributed by atoms with Gasteiger partial charge in [0.05, 0.1) is 17.2 Å². The predicted molar refractivity (Wildman–Crippen MR) is 102 cm³/mol. The third-order valence-corrected chi connectivity index (χ3v) is 5.65. The van der Waals surface area contributed by atoms with Gasteiger partial charge in [0.15, 0.2) is 0 Å². The van der Waals surface area contributed by atoms with Crippen LogP contribution in [0.2, 0.25) is 0 Å². The van der Waals surface area contributed by atoms with Crippen LogP contribution in [0.1, 0.15) is 32.1 Å². The van der Waals surface area contributed by atoms with Crippen LogP contribution in [0.15, 0.2) is 24.3 Å². The fourth-order valence-electron chi connectivity index (χ4n) is 3.36. The first kappa shape index (κ1) is 20.1. The number of nitrogens with zero attached hydrogens (tertiary/aromatic N) is 1. The van der Waals surface area contributed by atoms with Crippen molar-refractivity contribution < 1.29 is 23.6 Å². The lowest BCUT2D eigenvalue weighted by molar-refractivity contribution is -0.139. The molecule has 0 aromatic heterocycles. The summed E-state index contributed by atoms with van der Waals surface area (Å²) >= 11 is 0.991. The number of amides is 5. The Morgan fingerprint density at radius 1 is 1.11 bits per heavy atom. The second-order valence-corrected chi connectivity index (χ2v) is 7.75. The molecule has 28 heavy (non-hydrogen) atoms. The van der Waals surface area contributed by atoms with Crippen molar-refractivity contribution in [2.75, 3.05) is 16.8 Å². The van der Waals surface area contributed by atoms with Crippen LogP contribution < -0.4 is 16.1 Å². The van der Waals surface area contributed by atoms with Crippen molar-refractivity contribution in [1.29, 1.82) is 0 Å². The molecule has 3 rings (SSSR count). The molecule has 0 unspecified atom stereocenters. The summed E-state index contributed by atoms with van der Waals surface area (Å²) in [5.74, 6) is -2.22. The van der Waals surface area contributed by atoms with Crippen molar-refractivity contribution in [2.45, 2.75) is 37.6 Å². The molecule has 1 spiro atoms. The van der Waals surface area contributed by atoms with Crippen molar-refractivity contribution in [3.05, 3.63) is 30.1 Å². The van der Waals surface area contributed by atoms with Gasteiger partial charge in [0.1, 0.15) is 11.4 Å². The standard InChI is InChI=1S/C18H21FN4O4S/c19-12-6-2-3-7-13(12)20-14(24)10-28-11-15(25)22-23-16(26)18(21-17(23)27)8-4-1-5-9-18/h2-3,6-7H,1,4-5,8-11H2,(H,20,24)(H,21,27)(H,22,25). The van der Waals surface area contributed by atoms with Crippen molar-refractivity contribution in [2.24, 2.45) is 0 Å². The normalized spacial score (nSPS) is 18.1. The van der Waals surface area contributed by atoms with Crippen LogP contribution in [0.4, 0.5) is 14.9 Å². The monoisotopic (exact) mass is 408 g/mol.